The lowest BCUT2D eigenvalue weighted by molar-refractivity contribution is -0.322. The van der Waals surface area contributed by atoms with Crippen LogP contribution in [0.5, 0.6) is 0 Å². The van der Waals surface area contributed by atoms with Crippen molar-refractivity contribution >= 4 is 10.8 Å². The molecule has 0 saturated carbocycles. The summed E-state index contributed by atoms with van der Waals surface area (Å²) in [6, 6.07) is 0. The molecular weight excluding hydrogens is 207 g/mol. The Hall–Kier alpha value is -0.140. The molecule has 0 spiro atoms. The van der Waals surface area contributed by atoms with Crippen molar-refractivity contribution in [1.82, 2.24) is 0 Å². The van der Waals surface area contributed by atoms with Crippen LogP contribution in [0, 0.1) is 0 Å². The first-order valence-electron chi connectivity index (χ1n) is 3.64. The molecule has 80 valence electrons. The highest BCUT2D eigenvalue weighted by molar-refractivity contribution is 7.85. The van der Waals surface area contributed by atoms with E-state index < -0.39 is 23.8 Å². The quantitative estimate of drug-likeness (QED) is 0.737. The third kappa shape index (κ3) is 6.97. The summed E-state index contributed by atoms with van der Waals surface area (Å²) in [4.78, 5) is 0. The van der Waals surface area contributed by atoms with Gasteiger partial charge in [-0.3, -0.25) is 8.95 Å². The fraction of sp³-hybridized carbons (Fsp3) is 1.00. The van der Waals surface area contributed by atoms with Crippen LogP contribution in [-0.2, 0) is 15.5 Å². The molecule has 2 N–H and O–H groups in total. The zero-order chi connectivity index (χ0) is 10.5. The van der Waals surface area contributed by atoms with Gasteiger partial charge in [-0.1, -0.05) is 0 Å². The molecule has 0 aromatic carbocycles. The van der Waals surface area contributed by atoms with Crippen molar-refractivity contribution in [1.29, 1.82) is 0 Å². The van der Waals surface area contributed by atoms with Crippen LogP contribution < -0.4 is 5.73 Å². The number of alkyl halides is 3. The number of rotatable bonds is 5. The molecule has 0 aromatic heterocycles. The molecule has 0 saturated heterocycles. The number of nitrogens with two attached hydrogens (primary N) is 1. The zero-order valence-electron chi connectivity index (χ0n) is 7.13. The van der Waals surface area contributed by atoms with Crippen molar-refractivity contribution in [2.24, 2.45) is 5.73 Å². The number of halogens is 3. The SMILES string of the molecule is CC(CN)S(=O)CCOC(F)(F)F. The molecular formula is C6H12F3NO2S. The Morgan fingerprint density at radius 3 is 2.46 bits per heavy atom. The van der Waals surface area contributed by atoms with Gasteiger partial charge in [-0.2, -0.15) is 0 Å². The molecule has 7 heteroatoms. The van der Waals surface area contributed by atoms with E-state index in [1.54, 1.807) is 6.92 Å². The second-order valence-corrected chi connectivity index (χ2v) is 4.40. The monoisotopic (exact) mass is 219 g/mol. The van der Waals surface area contributed by atoms with E-state index in [0.29, 0.717) is 0 Å². The van der Waals surface area contributed by atoms with E-state index in [4.69, 9.17) is 5.73 Å². The number of hydrogen-bond donors (Lipinski definition) is 1. The molecule has 2 atom stereocenters. The summed E-state index contributed by atoms with van der Waals surface area (Å²) in [5.74, 6) is -0.141. The summed E-state index contributed by atoms with van der Waals surface area (Å²) in [5, 5.41) is -0.295. The van der Waals surface area contributed by atoms with E-state index in [0.717, 1.165) is 0 Å². The lowest BCUT2D eigenvalue weighted by Crippen LogP contribution is -2.26. The predicted octanol–water partition coefficient (Wildman–Crippen LogP) is 0.619. The number of hydrogen-bond acceptors (Lipinski definition) is 3. The van der Waals surface area contributed by atoms with E-state index >= 15 is 0 Å². The summed E-state index contributed by atoms with van der Waals surface area (Å²) >= 11 is 0. The minimum absolute atomic E-state index is 0.141. The van der Waals surface area contributed by atoms with Gasteiger partial charge in [-0.15, -0.1) is 13.2 Å². The highest BCUT2D eigenvalue weighted by Gasteiger charge is 2.29. The fourth-order valence-corrected chi connectivity index (χ4v) is 1.41. The summed E-state index contributed by atoms with van der Waals surface area (Å²) < 4.78 is 48.8. The highest BCUT2D eigenvalue weighted by Crippen LogP contribution is 2.15. The van der Waals surface area contributed by atoms with Crippen molar-refractivity contribution in [2.45, 2.75) is 18.5 Å². The topological polar surface area (TPSA) is 52.3 Å². The Bertz CT molecular complexity index is 174. The molecule has 0 amide bonds. The van der Waals surface area contributed by atoms with E-state index in [1.807, 2.05) is 0 Å². The molecule has 3 nitrogen and oxygen atoms in total. The van der Waals surface area contributed by atoms with Crippen molar-refractivity contribution in [2.75, 3.05) is 18.9 Å². The van der Waals surface area contributed by atoms with Crippen LogP contribution in [0.15, 0.2) is 0 Å². The van der Waals surface area contributed by atoms with Gasteiger partial charge in [0.25, 0.3) is 0 Å². The largest absolute Gasteiger partial charge is 0.522 e. The first-order chi connectivity index (χ1) is 5.87. The van der Waals surface area contributed by atoms with Crippen LogP contribution in [0.4, 0.5) is 13.2 Å². The lowest BCUT2D eigenvalue weighted by atomic mass is 10.5. The molecule has 0 bridgehead atoms. The average Bonchev–Trinajstić information content (AvgIpc) is 2.00. The van der Waals surface area contributed by atoms with Crippen LogP contribution in [0.2, 0.25) is 0 Å². The van der Waals surface area contributed by atoms with E-state index in [2.05, 4.69) is 4.74 Å². The maximum Gasteiger partial charge on any atom is 0.522 e. The van der Waals surface area contributed by atoms with Crippen LogP contribution in [0.1, 0.15) is 6.92 Å². The Balaban J connectivity index is 3.60. The van der Waals surface area contributed by atoms with Crippen molar-refractivity contribution in [3.63, 3.8) is 0 Å². The van der Waals surface area contributed by atoms with Crippen LogP contribution in [-0.4, -0.2) is 34.7 Å². The Kier molecular flexibility index (Phi) is 5.50. The third-order valence-electron chi connectivity index (χ3n) is 1.33. The van der Waals surface area contributed by atoms with Gasteiger partial charge in [0.1, 0.15) is 0 Å². The fourth-order valence-electron chi connectivity index (χ4n) is 0.548. The third-order valence-corrected chi connectivity index (χ3v) is 2.99. The summed E-state index contributed by atoms with van der Waals surface area (Å²) in [6.07, 6.45) is -4.64. The summed E-state index contributed by atoms with van der Waals surface area (Å²) in [7, 11) is -1.35. The van der Waals surface area contributed by atoms with Crippen LogP contribution in [0.25, 0.3) is 0 Å². The van der Waals surface area contributed by atoms with Gasteiger partial charge in [0, 0.05) is 28.3 Å². The van der Waals surface area contributed by atoms with Gasteiger partial charge in [0.05, 0.1) is 6.61 Å². The molecule has 13 heavy (non-hydrogen) atoms. The molecule has 0 rings (SSSR count). The molecule has 2 unspecified atom stereocenters. The first kappa shape index (κ1) is 12.9. The maximum atomic E-state index is 11.4. The van der Waals surface area contributed by atoms with E-state index in [1.165, 1.54) is 0 Å². The Morgan fingerprint density at radius 2 is 2.08 bits per heavy atom. The number of ether oxygens (including phenoxy) is 1. The van der Waals surface area contributed by atoms with Gasteiger partial charge in [0.2, 0.25) is 0 Å². The summed E-state index contributed by atoms with van der Waals surface area (Å²) in [6.45, 7) is 1.22. The molecule has 0 heterocycles. The standard InChI is InChI=1S/C6H12F3NO2S/c1-5(4-10)13(11)3-2-12-6(7,8)9/h5H,2-4,10H2,1H3. The van der Waals surface area contributed by atoms with Gasteiger partial charge in [-0.25, -0.2) is 0 Å². The molecule has 0 aliphatic carbocycles. The first-order valence-corrected chi connectivity index (χ1v) is 5.03. The van der Waals surface area contributed by atoms with Crippen LogP contribution in [0.3, 0.4) is 0 Å². The maximum absolute atomic E-state index is 11.4. The van der Waals surface area contributed by atoms with Gasteiger partial charge in [0.15, 0.2) is 0 Å². The second-order valence-electron chi connectivity index (χ2n) is 2.43. The van der Waals surface area contributed by atoms with Crippen molar-refractivity contribution in [3.05, 3.63) is 0 Å². The molecule has 0 aromatic rings. The van der Waals surface area contributed by atoms with Gasteiger partial charge in [-0.05, 0) is 6.92 Å². The minimum atomic E-state index is -4.64. The lowest BCUT2D eigenvalue weighted by Gasteiger charge is -2.10. The van der Waals surface area contributed by atoms with Crippen LogP contribution >= 0.6 is 0 Å². The van der Waals surface area contributed by atoms with Crippen molar-refractivity contribution in [3.8, 4) is 0 Å². The molecule has 0 fully saturated rings. The zero-order valence-corrected chi connectivity index (χ0v) is 7.95. The highest BCUT2D eigenvalue weighted by atomic mass is 32.2. The summed E-state index contributed by atoms with van der Waals surface area (Å²) in [5.41, 5.74) is 5.17. The van der Waals surface area contributed by atoms with Gasteiger partial charge >= 0.3 is 6.36 Å². The van der Waals surface area contributed by atoms with E-state index in [-0.39, 0.29) is 17.5 Å². The van der Waals surface area contributed by atoms with E-state index in [9.17, 15) is 17.4 Å². The average molecular weight is 219 g/mol. The molecule has 0 aliphatic rings. The minimum Gasteiger partial charge on any atom is -0.329 e. The second kappa shape index (κ2) is 5.56. The molecule has 0 radical (unpaired) electrons. The Labute approximate surface area is 76.9 Å². The molecule has 0 aliphatic heterocycles. The van der Waals surface area contributed by atoms with Crippen molar-refractivity contribution < 1.29 is 22.1 Å². The smallest absolute Gasteiger partial charge is 0.329 e. The predicted molar refractivity (Wildman–Crippen MR) is 43.5 cm³/mol. The normalized spacial score (nSPS) is 17.0. The van der Waals surface area contributed by atoms with Gasteiger partial charge < -0.3 is 5.73 Å². The Morgan fingerprint density at radius 1 is 1.54 bits per heavy atom.